The van der Waals surface area contributed by atoms with Gasteiger partial charge in [0.1, 0.15) is 0 Å². The maximum atomic E-state index is 5.63. The van der Waals surface area contributed by atoms with E-state index in [1.54, 1.807) is 0 Å². The molecule has 1 aromatic heterocycles. The summed E-state index contributed by atoms with van der Waals surface area (Å²) in [4.78, 5) is 2.90. The molecule has 0 bridgehead atoms. The highest BCUT2D eigenvalue weighted by atomic mass is 32.1. The first-order valence-corrected chi connectivity index (χ1v) is 8.17. The van der Waals surface area contributed by atoms with E-state index in [4.69, 9.17) is 9.47 Å². The van der Waals surface area contributed by atoms with Gasteiger partial charge in [-0.15, -0.1) is 11.3 Å². The van der Waals surface area contributed by atoms with E-state index in [0.29, 0.717) is 6.10 Å². The van der Waals surface area contributed by atoms with Crippen LogP contribution in [0, 0.1) is 0 Å². The third kappa shape index (κ3) is 5.61. The van der Waals surface area contributed by atoms with E-state index in [1.165, 1.54) is 16.2 Å². The van der Waals surface area contributed by atoms with Crippen molar-refractivity contribution < 1.29 is 9.47 Å². The highest BCUT2D eigenvalue weighted by molar-refractivity contribution is 7.11. The Morgan fingerprint density at radius 2 is 2.32 bits per heavy atom. The van der Waals surface area contributed by atoms with Crippen molar-refractivity contribution in [3.63, 3.8) is 0 Å². The fraction of sp³-hybridized carbons (Fsp3) is 0.733. The quantitative estimate of drug-likeness (QED) is 0.707. The second-order valence-corrected chi connectivity index (χ2v) is 6.21. The van der Waals surface area contributed by atoms with E-state index >= 15 is 0 Å². The minimum atomic E-state index is 0.353. The number of hydrogen-bond donors (Lipinski definition) is 1. The van der Waals surface area contributed by atoms with Crippen molar-refractivity contribution in [2.75, 3.05) is 26.4 Å². The van der Waals surface area contributed by atoms with Crippen LogP contribution in [0.1, 0.15) is 35.9 Å². The molecular weight excluding hydrogens is 258 g/mol. The molecule has 2 rings (SSSR count). The normalized spacial score (nSPS) is 19.1. The first kappa shape index (κ1) is 15.0. The third-order valence-electron chi connectivity index (χ3n) is 3.33. The fourth-order valence-corrected chi connectivity index (χ4v) is 3.14. The molecule has 1 aliphatic heterocycles. The van der Waals surface area contributed by atoms with Gasteiger partial charge in [0.25, 0.3) is 0 Å². The van der Waals surface area contributed by atoms with Crippen molar-refractivity contribution in [3.8, 4) is 0 Å². The van der Waals surface area contributed by atoms with Gasteiger partial charge in [-0.3, -0.25) is 0 Å². The maximum absolute atomic E-state index is 5.63. The molecule has 3 nitrogen and oxygen atoms in total. The van der Waals surface area contributed by atoms with Crippen LogP contribution in [0.2, 0.25) is 0 Å². The molecule has 0 saturated carbocycles. The Balaban J connectivity index is 1.43. The largest absolute Gasteiger partial charge is 0.379 e. The van der Waals surface area contributed by atoms with Crippen molar-refractivity contribution in [1.82, 2.24) is 5.32 Å². The zero-order chi connectivity index (χ0) is 13.3. The van der Waals surface area contributed by atoms with Crippen LogP contribution in [0.4, 0.5) is 0 Å². The highest BCUT2D eigenvalue weighted by Gasteiger charge is 2.14. The molecule has 1 aliphatic rings. The average molecular weight is 283 g/mol. The Bertz CT molecular complexity index is 348. The highest BCUT2D eigenvalue weighted by Crippen LogP contribution is 2.16. The van der Waals surface area contributed by atoms with E-state index in [1.807, 2.05) is 11.3 Å². The van der Waals surface area contributed by atoms with Gasteiger partial charge in [-0.05, 0) is 44.4 Å². The molecule has 19 heavy (non-hydrogen) atoms. The van der Waals surface area contributed by atoms with Crippen LogP contribution < -0.4 is 5.32 Å². The van der Waals surface area contributed by atoms with Gasteiger partial charge in [0.2, 0.25) is 0 Å². The summed E-state index contributed by atoms with van der Waals surface area (Å²) in [5.74, 6) is 0. The lowest BCUT2D eigenvalue weighted by Crippen LogP contribution is -2.18. The number of rotatable bonds is 9. The summed E-state index contributed by atoms with van der Waals surface area (Å²) in [6, 6.07) is 4.46. The lowest BCUT2D eigenvalue weighted by molar-refractivity contribution is 0.0166. The summed E-state index contributed by atoms with van der Waals surface area (Å²) in [7, 11) is 0. The summed E-state index contributed by atoms with van der Waals surface area (Å²) in [5.41, 5.74) is 0. The predicted octanol–water partition coefficient (Wildman–Crippen LogP) is 2.99. The molecule has 1 atom stereocenters. The van der Waals surface area contributed by atoms with Crippen molar-refractivity contribution in [1.29, 1.82) is 0 Å². The Morgan fingerprint density at radius 3 is 3.05 bits per heavy atom. The smallest absolute Gasteiger partial charge is 0.0809 e. The van der Waals surface area contributed by atoms with Gasteiger partial charge in [0, 0.05) is 29.5 Å². The number of hydrogen-bond acceptors (Lipinski definition) is 4. The predicted molar refractivity (Wildman–Crippen MR) is 79.8 cm³/mol. The molecule has 1 aromatic rings. The Morgan fingerprint density at radius 1 is 1.42 bits per heavy atom. The topological polar surface area (TPSA) is 30.5 Å². The molecule has 1 N–H and O–H groups in total. The summed E-state index contributed by atoms with van der Waals surface area (Å²) < 4.78 is 11.1. The molecule has 108 valence electrons. The first-order chi connectivity index (χ1) is 9.38. The van der Waals surface area contributed by atoms with Crippen LogP contribution in [0.3, 0.4) is 0 Å². The maximum Gasteiger partial charge on any atom is 0.0809 e. The fourth-order valence-electron chi connectivity index (χ4n) is 2.21. The number of ether oxygens (including phenoxy) is 2. The van der Waals surface area contributed by atoms with Crippen molar-refractivity contribution in [2.45, 2.75) is 45.3 Å². The van der Waals surface area contributed by atoms with Crippen molar-refractivity contribution >= 4 is 11.3 Å². The molecule has 1 saturated heterocycles. The Labute approximate surface area is 120 Å². The monoisotopic (exact) mass is 283 g/mol. The van der Waals surface area contributed by atoms with E-state index in [9.17, 15) is 0 Å². The minimum absolute atomic E-state index is 0.353. The lowest BCUT2D eigenvalue weighted by Gasteiger charge is -2.10. The van der Waals surface area contributed by atoms with Gasteiger partial charge >= 0.3 is 0 Å². The lowest BCUT2D eigenvalue weighted by atomic mass is 10.2. The molecule has 4 heteroatoms. The zero-order valence-electron chi connectivity index (χ0n) is 11.8. The van der Waals surface area contributed by atoms with E-state index in [-0.39, 0.29) is 0 Å². The molecule has 0 spiro atoms. The van der Waals surface area contributed by atoms with Crippen LogP contribution in [-0.4, -0.2) is 32.5 Å². The van der Waals surface area contributed by atoms with Crippen molar-refractivity contribution in [2.24, 2.45) is 0 Å². The number of thiophene rings is 1. The summed E-state index contributed by atoms with van der Waals surface area (Å²) in [5, 5.41) is 3.47. The number of aryl methyl sites for hydroxylation is 1. The molecule has 0 radical (unpaired) electrons. The summed E-state index contributed by atoms with van der Waals surface area (Å²) in [6.07, 6.45) is 4.92. The molecule has 0 amide bonds. The van der Waals surface area contributed by atoms with Gasteiger partial charge in [-0.2, -0.15) is 0 Å². The van der Waals surface area contributed by atoms with Gasteiger partial charge in [-0.1, -0.05) is 6.92 Å². The van der Waals surface area contributed by atoms with Gasteiger partial charge < -0.3 is 14.8 Å². The van der Waals surface area contributed by atoms with E-state index in [0.717, 1.165) is 52.2 Å². The van der Waals surface area contributed by atoms with Crippen LogP contribution in [0.5, 0.6) is 0 Å². The SMILES string of the molecule is CCc1ccc(CNCCCOCC2CCCO2)s1. The second kappa shape index (κ2) is 8.69. The van der Waals surface area contributed by atoms with Crippen LogP contribution >= 0.6 is 11.3 Å². The third-order valence-corrected chi connectivity index (χ3v) is 4.56. The zero-order valence-corrected chi connectivity index (χ0v) is 12.6. The molecule has 0 aromatic carbocycles. The molecular formula is C15H25NO2S. The second-order valence-electron chi connectivity index (χ2n) is 4.96. The summed E-state index contributed by atoms with van der Waals surface area (Å²) in [6.45, 7) is 6.72. The van der Waals surface area contributed by atoms with Crippen LogP contribution in [0.15, 0.2) is 12.1 Å². The van der Waals surface area contributed by atoms with Gasteiger partial charge in [-0.25, -0.2) is 0 Å². The number of nitrogens with one attached hydrogen (secondary N) is 1. The Hall–Kier alpha value is -0.420. The molecule has 1 fully saturated rings. The minimum Gasteiger partial charge on any atom is -0.379 e. The first-order valence-electron chi connectivity index (χ1n) is 7.36. The molecule has 2 heterocycles. The standard InChI is InChI=1S/C15H25NO2S/c1-2-14-6-7-15(19-14)11-16-8-4-9-17-12-13-5-3-10-18-13/h6-7,13,16H,2-5,8-12H2,1H3. The summed E-state index contributed by atoms with van der Waals surface area (Å²) >= 11 is 1.91. The van der Waals surface area contributed by atoms with Crippen LogP contribution in [-0.2, 0) is 22.4 Å². The van der Waals surface area contributed by atoms with Gasteiger partial charge in [0.05, 0.1) is 12.7 Å². The molecule has 1 unspecified atom stereocenters. The molecule has 0 aliphatic carbocycles. The van der Waals surface area contributed by atoms with E-state index in [2.05, 4.69) is 24.4 Å². The van der Waals surface area contributed by atoms with Crippen molar-refractivity contribution in [3.05, 3.63) is 21.9 Å². The van der Waals surface area contributed by atoms with Crippen LogP contribution in [0.25, 0.3) is 0 Å². The Kier molecular flexibility index (Phi) is 6.85. The average Bonchev–Trinajstić information content (AvgIpc) is 3.08. The van der Waals surface area contributed by atoms with E-state index < -0.39 is 0 Å². The van der Waals surface area contributed by atoms with Gasteiger partial charge in [0.15, 0.2) is 0 Å².